The van der Waals surface area contributed by atoms with Crippen molar-refractivity contribution in [2.45, 2.75) is 32.3 Å². The summed E-state index contributed by atoms with van der Waals surface area (Å²) in [6.07, 6.45) is 5.58. The van der Waals surface area contributed by atoms with Crippen LogP contribution in [0, 0.1) is 0 Å². The molecule has 1 aromatic heterocycles. The van der Waals surface area contributed by atoms with E-state index in [2.05, 4.69) is 28.9 Å². The Morgan fingerprint density at radius 2 is 2.29 bits per heavy atom. The Balaban J connectivity index is 1.88. The van der Waals surface area contributed by atoms with Gasteiger partial charge in [0.2, 0.25) is 0 Å². The van der Waals surface area contributed by atoms with E-state index in [0.717, 1.165) is 49.1 Å². The first-order chi connectivity index (χ1) is 10.3. The van der Waals surface area contributed by atoms with Gasteiger partial charge in [0.05, 0.1) is 17.3 Å². The molecule has 1 atom stereocenters. The van der Waals surface area contributed by atoms with Crippen molar-refractivity contribution in [3.63, 3.8) is 0 Å². The first-order valence-electron chi connectivity index (χ1n) is 7.79. The molecule has 0 amide bonds. The number of rotatable bonds is 4. The summed E-state index contributed by atoms with van der Waals surface area (Å²) >= 11 is 0. The third-order valence-electron chi connectivity index (χ3n) is 4.06. The molecule has 4 heteroatoms. The number of hydrogen-bond donors (Lipinski definition) is 1. The Labute approximate surface area is 125 Å². The smallest absolute Gasteiger partial charge is 0.0951 e. The van der Waals surface area contributed by atoms with Crippen LogP contribution in [0.3, 0.4) is 0 Å². The highest BCUT2D eigenvalue weighted by atomic mass is 16.5. The third kappa shape index (κ3) is 2.95. The molecule has 1 unspecified atom stereocenters. The Morgan fingerprint density at radius 3 is 3.14 bits per heavy atom. The average Bonchev–Trinajstić information content (AvgIpc) is 2.53. The minimum atomic E-state index is 0.336. The number of benzene rings is 1. The fraction of sp³-hybridized carbons (Fsp3) is 0.471. The van der Waals surface area contributed by atoms with Gasteiger partial charge in [-0.2, -0.15) is 0 Å². The van der Waals surface area contributed by atoms with Crippen molar-refractivity contribution in [3.05, 3.63) is 30.5 Å². The number of nitrogen functional groups attached to an aromatic ring is 1. The van der Waals surface area contributed by atoms with Crippen LogP contribution in [0.2, 0.25) is 0 Å². The summed E-state index contributed by atoms with van der Waals surface area (Å²) < 4.78 is 5.94. The van der Waals surface area contributed by atoms with Crippen LogP contribution in [0.1, 0.15) is 26.2 Å². The molecule has 0 aliphatic carbocycles. The van der Waals surface area contributed by atoms with Gasteiger partial charge in [0.1, 0.15) is 0 Å². The van der Waals surface area contributed by atoms with E-state index >= 15 is 0 Å². The Hall–Kier alpha value is -1.81. The number of fused-ring (bicyclic) bond motifs is 1. The second-order valence-electron chi connectivity index (χ2n) is 5.65. The number of nitrogens with zero attached hydrogens (tertiary/aromatic N) is 2. The lowest BCUT2D eigenvalue weighted by atomic mass is 10.1. The molecule has 0 saturated carbocycles. The molecule has 1 aliphatic heterocycles. The first kappa shape index (κ1) is 14.1. The number of piperidine rings is 1. The molecule has 0 radical (unpaired) electrons. The summed E-state index contributed by atoms with van der Waals surface area (Å²) in [4.78, 5) is 6.83. The fourth-order valence-corrected chi connectivity index (χ4v) is 3.04. The van der Waals surface area contributed by atoms with Gasteiger partial charge in [-0.3, -0.25) is 4.98 Å². The molecule has 2 aromatic rings. The number of ether oxygens (including phenoxy) is 1. The number of nitrogens with two attached hydrogens (primary N) is 1. The lowest BCUT2D eigenvalue weighted by Gasteiger charge is -2.34. The molecule has 112 valence electrons. The van der Waals surface area contributed by atoms with E-state index < -0.39 is 0 Å². The van der Waals surface area contributed by atoms with Crippen LogP contribution in [0.4, 0.5) is 11.4 Å². The summed E-state index contributed by atoms with van der Waals surface area (Å²) in [5.41, 5.74) is 8.90. The lowest BCUT2D eigenvalue weighted by Crippen LogP contribution is -2.40. The largest absolute Gasteiger partial charge is 0.397 e. The molecular weight excluding hydrogens is 262 g/mol. The highest BCUT2D eigenvalue weighted by Gasteiger charge is 2.22. The molecule has 4 nitrogen and oxygen atoms in total. The lowest BCUT2D eigenvalue weighted by molar-refractivity contribution is 0.0441. The Kier molecular flexibility index (Phi) is 4.25. The van der Waals surface area contributed by atoms with Crippen molar-refractivity contribution in [2.75, 3.05) is 30.3 Å². The van der Waals surface area contributed by atoms with Gasteiger partial charge in [0.25, 0.3) is 0 Å². The van der Waals surface area contributed by atoms with Crippen molar-refractivity contribution < 1.29 is 4.74 Å². The van der Waals surface area contributed by atoms with E-state index in [1.165, 1.54) is 12.1 Å². The Bertz CT molecular complexity index is 614. The molecule has 3 rings (SSSR count). The summed E-state index contributed by atoms with van der Waals surface area (Å²) in [6.45, 7) is 5.02. The van der Waals surface area contributed by atoms with Crippen LogP contribution in [-0.2, 0) is 4.74 Å². The van der Waals surface area contributed by atoms with Crippen molar-refractivity contribution >= 4 is 22.3 Å². The quantitative estimate of drug-likeness (QED) is 0.876. The van der Waals surface area contributed by atoms with E-state index in [4.69, 9.17) is 10.5 Å². The normalized spacial score (nSPS) is 19.1. The SMILES string of the molecule is CCCOC1CCCN(c2ccnc3c(N)cccc23)C1. The van der Waals surface area contributed by atoms with Crippen LogP contribution in [0.15, 0.2) is 30.5 Å². The van der Waals surface area contributed by atoms with Gasteiger partial charge < -0.3 is 15.4 Å². The van der Waals surface area contributed by atoms with E-state index in [-0.39, 0.29) is 0 Å². The molecule has 1 fully saturated rings. The molecule has 1 aromatic carbocycles. The van der Waals surface area contributed by atoms with Crippen LogP contribution in [0.5, 0.6) is 0 Å². The highest BCUT2D eigenvalue weighted by molar-refractivity contribution is 5.98. The zero-order valence-electron chi connectivity index (χ0n) is 12.6. The van der Waals surface area contributed by atoms with E-state index in [0.29, 0.717) is 6.10 Å². The monoisotopic (exact) mass is 285 g/mol. The fourth-order valence-electron chi connectivity index (χ4n) is 3.04. The van der Waals surface area contributed by atoms with Gasteiger partial charge in [0, 0.05) is 37.0 Å². The second-order valence-corrected chi connectivity index (χ2v) is 5.65. The number of para-hydroxylation sites is 1. The molecule has 2 N–H and O–H groups in total. The minimum absolute atomic E-state index is 0.336. The van der Waals surface area contributed by atoms with Crippen LogP contribution >= 0.6 is 0 Å². The van der Waals surface area contributed by atoms with Crippen LogP contribution in [-0.4, -0.2) is 30.8 Å². The predicted octanol–water partition coefficient (Wildman–Crippen LogP) is 3.21. The molecule has 0 bridgehead atoms. The average molecular weight is 285 g/mol. The molecule has 1 aliphatic rings. The summed E-state index contributed by atoms with van der Waals surface area (Å²) in [7, 11) is 0. The molecule has 2 heterocycles. The van der Waals surface area contributed by atoms with Gasteiger partial charge >= 0.3 is 0 Å². The maximum Gasteiger partial charge on any atom is 0.0951 e. The van der Waals surface area contributed by atoms with Gasteiger partial charge in [0.15, 0.2) is 0 Å². The molecule has 1 saturated heterocycles. The summed E-state index contributed by atoms with van der Waals surface area (Å²) in [5.74, 6) is 0. The van der Waals surface area contributed by atoms with Crippen molar-refractivity contribution in [3.8, 4) is 0 Å². The number of anilines is 2. The van der Waals surface area contributed by atoms with Crippen LogP contribution < -0.4 is 10.6 Å². The third-order valence-corrected chi connectivity index (χ3v) is 4.06. The Morgan fingerprint density at radius 1 is 1.38 bits per heavy atom. The number of aromatic nitrogens is 1. The standard InChI is InChI=1S/C17H23N3O/c1-2-11-21-13-5-4-10-20(12-13)16-8-9-19-17-14(16)6-3-7-15(17)18/h3,6-9,13H,2,4-5,10-12,18H2,1H3. The van der Waals surface area contributed by atoms with Crippen molar-refractivity contribution in [1.29, 1.82) is 0 Å². The zero-order valence-corrected chi connectivity index (χ0v) is 12.6. The second kappa shape index (κ2) is 6.31. The predicted molar refractivity (Wildman–Crippen MR) is 87.6 cm³/mol. The van der Waals surface area contributed by atoms with E-state index in [1.807, 2.05) is 18.3 Å². The highest BCUT2D eigenvalue weighted by Crippen LogP contribution is 2.30. The molecular formula is C17H23N3O. The van der Waals surface area contributed by atoms with Crippen molar-refractivity contribution in [2.24, 2.45) is 0 Å². The first-order valence-corrected chi connectivity index (χ1v) is 7.79. The van der Waals surface area contributed by atoms with Gasteiger partial charge in [-0.25, -0.2) is 0 Å². The molecule has 21 heavy (non-hydrogen) atoms. The summed E-state index contributed by atoms with van der Waals surface area (Å²) in [5, 5.41) is 1.13. The topological polar surface area (TPSA) is 51.4 Å². The number of pyridine rings is 1. The maximum absolute atomic E-state index is 6.04. The minimum Gasteiger partial charge on any atom is -0.397 e. The van der Waals surface area contributed by atoms with Crippen molar-refractivity contribution in [1.82, 2.24) is 4.98 Å². The van der Waals surface area contributed by atoms with Gasteiger partial charge in [-0.05, 0) is 31.4 Å². The van der Waals surface area contributed by atoms with Gasteiger partial charge in [-0.1, -0.05) is 19.1 Å². The number of hydrogen-bond acceptors (Lipinski definition) is 4. The zero-order chi connectivity index (χ0) is 14.7. The van der Waals surface area contributed by atoms with E-state index in [1.54, 1.807) is 0 Å². The maximum atomic E-state index is 6.04. The van der Waals surface area contributed by atoms with Gasteiger partial charge in [-0.15, -0.1) is 0 Å². The molecule has 0 spiro atoms. The summed E-state index contributed by atoms with van der Waals surface area (Å²) in [6, 6.07) is 8.09. The van der Waals surface area contributed by atoms with E-state index in [9.17, 15) is 0 Å². The van der Waals surface area contributed by atoms with Crippen LogP contribution in [0.25, 0.3) is 10.9 Å².